The van der Waals surface area contributed by atoms with Crippen LogP contribution in [0.3, 0.4) is 0 Å². The van der Waals surface area contributed by atoms with E-state index in [0.717, 1.165) is 23.5 Å². The second kappa shape index (κ2) is 3.63. The largest absolute Gasteiger partial charge is 0.319 e. The molecule has 1 aromatic heterocycles. The topological polar surface area (TPSA) is 38.9 Å². The molecular weight excluding hydrogens is 192 g/mol. The van der Waals surface area contributed by atoms with Gasteiger partial charge >= 0.3 is 0 Å². The third-order valence-electron chi connectivity index (χ3n) is 3.20. The van der Waals surface area contributed by atoms with Crippen LogP contribution in [-0.4, -0.2) is 4.98 Å². The van der Waals surface area contributed by atoms with Crippen molar-refractivity contribution in [3.05, 3.63) is 15.6 Å². The van der Waals surface area contributed by atoms with Crippen molar-refractivity contribution in [2.45, 2.75) is 51.5 Å². The van der Waals surface area contributed by atoms with Gasteiger partial charge in [-0.3, -0.25) is 0 Å². The lowest BCUT2D eigenvalue weighted by Crippen LogP contribution is -2.38. The zero-order chi connectivity index (χ0) is 10.2. The summed E-state index contributed by atoms with van der Waals surface area (Å²) in [5.74, 6) is 0. The van der Waals surface area contributed by atoms with Crippen LogP contribution in [0.15, 0.2) is 0 Å². The number of aromatic nitrogens is 1. The van der Waals surface area contributed by atoms with Gasteiger partial charge in [0.05, 0.1) is 11.2 Å². The molecule has 1 saturated carbocycles. The van der Waals surface area contributed by atoms with Gasteiger partial charge in [0.1, 0.15) is 5.01 Å². The molecule has 2 N–H and O–H groups in total. The number of rotatable bonds is 1. The minimum Gasteiger partial charge on any atom is -0.319 e. The Labute approximate surface area is 89.5 Å². The molecule has 14 heavy (non-hydrogen) atoms. The number of nitrogens with two attached hydrogens (primary N) is 1. The van der Waals surface area contributed by atoms with Crippen molar-refractivity contribution in [3.8, 4) is 0 Å². The lowest BCUT2D eigenvalue weighted by molar-refractivity contribution is 0.301. The number of thiazole rings is 1. The fraction of sp³-hybridized carbons (Fsp3) is 0.727. The van der Waals surface area contributed by atoms with Crippen LogP contribution in [0.25, 0.3) is 0 Å². The molecule has 0 bridgehead atoms. The molecule has 1 aromatic rings. The van der Waals surface area contributed by atoms with E-state index < -0.39 is 0 Å². The third kappa shape index (κ3) is 1.71. The first-order valence-electron chi connectivity index (χ1n) is 5.35. The molecule has 0 aromatic carbocycles. The average molecular weight is 210 g/mol. The molecule has 2 nitrogen and oxygen atoms in total. The molecule has 0 unspecified atom stereocenters. The van der Waals surface area contributed by atoms with Crippen LogP contribution < -0.4 is 5.73 Å². The van der Waals surface area contributed by atoms with E-state index in [2.05, 4.69) is 18.8 Å². The summed E-state index contributed by atoms with van der Waals surface area (Å²) in [6, 6.07) is 0. The predicted molar refractivity (Wildman–Crippen MR) is 60.5 cm³/mol. The summed E-state index contributed by atoms with van der Waals surface area (Å²) in [5.41, 5.74) is 7.45. The van der Waals surface area contributed by atoms with Gasteiger partial charge in [0, 0.05) is 4.88 Å². The highest BCUT2D eigenvalue weighted by molar-refractivity contribution is 7.11. The lowest BCUT2D eigenvalue weighted by Gasteiger charge is -2.31. The monoisotopic (exact) mass is 210 g/mol. The number of aryl methyl sites for hydroxylation is 2. The normalized spacial score (nSPS) is 21.1. The van der Waals surface area contributed by atoms with Crippen molar-refractivity contribution in [3.63, 3.8) is 0 Å². The lowest BCUT2D eigenvalue weighted by atomic mass is 9.83. The third-order valence-corrected chi connectivity index (χ3v) is 4.49. The van der Waals surface area contributed by atoms with Crippen LogP contribution in [0.5, 0.6) is 0 Å². The van der Waals surface area contributed by atoms with Gasteiger partial charge in [-0.15, -0.1) is 11.3 Å². The smallest absolute Gasteiger partial charge is 0.113 e. The van der Waals surface area contributed by atoms with Crippen molar-refractivity contribution in [1.82, 2.24) is 4.98 Å². The van der Waals surface area contributed by atoms with Gasteiger partial charge in [0.25, 0.3) is 0 Å². The molecule has 0 amide bonds. The molecule has 78 valence electrons. The SMILES string of the molecule is Cc1nc(C2(N)CCCCC2)sc1C. The summed E-state index contributed by atoms with van der Waals surface area (Å²) in [4.78, 5) is 5.91. The van der Waals surface area contributed by atoms with E-state index in [0.29, 0.717) is 0 Å². The van der Waals surface area contributed by atoms with Gasteiger partial charge < -0.3 is 5.73 Å². The molecule has 2 rings (SSSR count). The van der Waals surface area contributed by atoms with E-state index in [-0.39, 0.29) is 5.54 Å². The molecule has 0 aliphatic heterocycles. The van der Waals surface area contributed by atoms with Crippen molar-refractivity contribution in [2.75, 3.05) is 0 Å². The summed E-state index contributed by atoms with van der Waals surface area (Å²) < 4.78 is 0. The molecule has 3 heteroatoms. The summed E-state index contributed by atoms with van der Waals surface area (Å²) >= 11 is 1.78. The van der Waals surface area contributed by atoms with Gasteiger partial charge in [-0.25, -0.2) is 4.98 Å². The Balaban J connectivity index is 2.28. The molecule has 0 radical (unpaired) electrons. The van der Waals surface area contributed by atoms with Crippen LogP contribution >= 0.6 is 11.3 Å². The number of hydrogen-bond acceptors (Lipinski definition) is 3. The zero-order valence-electron chi connectivity index (χ0n) is 8.97. The Morgan fingerprint density at radius 2 is 1.86 bits per heavy atom. The first-order chi connectivity index (χ1) is 6.62. The minimum atomic E-state index is -0.109. The number of nitrogens with zero attached hydrogens (tertiary/aromatic N) is 1. The highest BCUT2D eigenvalue weighted by Crippen LogP contribution is 2.37. The highest BCUT2D eigenvalue weighted by atomic mass is 32.1. The van der Waals surface area contributed by atoms with Crippen molar-refractivity contribution < 1.29 is 0 Å². The number of hydrogen-bond donors (Lipinski definition) is 1. The van der Waals surface area contributed by atoms with Gasteiger partial charge in [-0.2, -0.15) is 0 Å². The van der Waals surface area contributed by atoms with Gasteiger partial charge in [-0.05, 0) is 26.7 Å². The maximum absolute atomic E-state index is 6.41. The van der Waals surface area contributed by atoms with E-state index in [4.69, 9.17) is 5.73 Å². The summed E-state index contributed by atoms with van der Waals surface area (Å²) in [5, 5.41) is 1.16. The Kier molecular flexibility index (Phi) is 2.62. The van der Waals surface area contributed by atoms with E-state index in [1.807, 2.05) is 0 Å². The van der Waals surface area contributed by atoms with Gasteiger partial charge in [0.15, 0.2) is 0 Å². The fourth-order valence-electron chi connectivity index (χ4n) is 2.08. The molecule has 0 atom stereocenters. The molecule has 0 saturated heterocycles. The van der Waals surface area contributed by atoms with Gasteiger partial charge in [0.2, 0.25) is 0 Å². The van der Waals surface area contributed by atoms with E-state index in [1.54, 1.807) is 11.3 Å². The minimum absolute atomic E-state index is 0.109. The molecule has 0 spiro atoms. The highest BCUT2D eigenvalue weighted by Gasteiger charge is 2.32. The van der Waals surface area contributed by atoms with Crippen LogP contribution in [0, 0.1) is 13.8 Å². The average Bonchev–Trinajstić information content (AvgIpc) is 2.49. The van der Waals surface area contributed by atoms with Crippen LogP contribution in [0.2, 0.25) is 0 Å². The van der Waals surface area contributed by atoms with Crippen molar-refractivity contribution in [1.29, 1.82) is 0 Å². The Morgan fingerprint density at radius 1 is 1.21 bits per heavy atom. The summed E-state index contributed by atoms with van der Waals surface area (Å²) in [6.45, 7) is 4.20. The molecule has 1 heterocycles. The zero-order valence-corrected chi connectivity index (χ0v) is 9.78. The Bertz CT molecular complexity index is 305. The quantitative estimate of drug-likeness (QED) is 0.774. The van der Waals surface area contributed by atoms with E-state index >= 15 is 0 Å². The van der Waals surface area contributed by atoms with Gasteiger partial charge in [-0.1, -0.05) is 19.3 Å². The summed E-state index contributed by atoms with van der Waals surface area (Å²) in [6.07, 6.45) is 6.07. The fourth-order valence-corrected chi connectivity index (χ4v) is 3.16. The maximum atomic E-state index is 6.41. The molecule has 1 aliphatic carbocycles. The molecular formula is C11H18N2S. The maximum Gasteiger partial charge on any atom is 0.113 e. The Morgan fingerprint density at radius 3 is 2.36 bits per heavy atom. The van der Waals surface area contributed by atoms with E-state index in [9.17, 15) is 0 Å². The predicted octanol–water partition coefficient (Wildman–Crippen LogP) is 2.88. The molecule has 1 fully saturated rings. The second-order valence-corrected chi connectivity index (χ2v) is 5.58. The van der Waals surface area contributed by atoms with Crippen molar-refractivity contribution >= 4 is 11.3 Å². The van der Waals surface area contributed by atoms with Crippen molar-refractivity contribution in [2.24, 2.45) is 5.73 Å². The first kappa shape index (κ1) is 10.1. The van der Waals surface area contributed by atoms with Crippen LogP contribution in [0.4, 0.5) is 0 Å². The summed E-state index contributed by atoms with van der Waals surface area (Å²) in [7, 11) is 0. The standard InChI is InChI=1S/C11H18N2S/c1-8-9(2)14-10(13-8)11(12)6-4-3-5-7-11/h3-7,12H2,1-2H3. The van der Waals surface area contributed by atoms with Crippen LogP contribution in [0.1, 0.15) is 47.7 Å². The second-order valence-electron chi connectivity index (χ2n) is 4.38. The molecule has 1 aliphatic rings. The van der Waals surface area contributed by atoms with Crippen LogP contribution in [-0.2, 0) is 5.54 Å². The van der Waals surface area contributed by atoms with E-state index in [1.165, 1.54) is 24.1 Å². The first-order valence-corrected chi connectivity index (χ1v) is 6.17. The Hall–Kier alpha value is -0.410.